The van der Waals surface area contributed by atoms with E-state index in [-0.39, 0.29) is 18.6 Å². The van der Waals surface area contributed by atoms with Crippen molar-refractivity contribution in [3.63, 3.8) is 0 Å². The first kappa shape index (κ1) is 22.2. The summed E-state index contributed by atoms with van der Waals surface area (Å²) in [6.07, 6.45) is 1.33. The van der Waals surface area contributed by atoms with E-state index in [2.05, 4.69) is 19.7 Å². The molecule has 5 rings (SSSR count). The van der Waals surface area contributed by atoms with Gasteiger partial charge in [-0.25, -0.2) is 13.8 Å². The number of ether oxygens (including phenoxy) is 1. The largest absolute Gasteiger partial charge is 0.474 e. The molecule has 0 N–H and O–H groups in total. The number of hydrogen-bond acceptors (Lipinski definition) is 5. The van der Waals surface area contributed by atoms with Crippen LogP contribution in [0.25, 0.3) is 5.69 Å². The lowest BCUT2D eigenvalue weighted by atomic mass is 9.86. The fraction of sp³-hybridized carbons (Fsp3) is 0.458. The second-order valence-corrected chi connectivity index (χ2v) is 9.29. The lowest BCUT2D eigenvalue weighted by Crippen LogP contribution is -2.27. The minimum atomic E-state index is -2.42. The molecule has 3 aromatic rings. The van der Waals surface area contributed by atoms with E-state index in [1.165, 1.54) is 0 Å². The third-order valence-electron chi connectivity index (χ3n) is 6.38. The number of hydrogen-bond donors (Lipinski definition) is 0. The van der Waals surface area contributed by atoms with Gasteiger partial charge in [0.1, 0.15) is 11.9 Å². The zero-order valence-electron chi connectivity index (χ0n) is 18.4. The van der Waals surface area contributed by atoms with Crippen LogP contribution >= 0.6 is 11.6 Å². The number of alkyl halides is 2. The van der Waals surface area contributed by atoms with E-state index in [4.69, 9.17) is 16.3 Å². The summed E-state index contributed by atoms with van der Waals surface area (Å²) in [5, 5.41) is 9.54. The molecule has 1 aliphatic carbocycles. The second kappa shape index (κ2) is 9.35. The Morgan fingerprint density at radius 1 is 1.09 bits per heavy atom. The highest BCUT2D eigenvalue weighted by atomic mass is 35.5. The van der Waals surface area contributed by atoms with Gasteiger partial charge in [-0.2, -0.15) is 0 Å². The van der Waals surface area contributed by atoms with Gasteiger partial charge in [0.25, 0.3) is 6.43 Å². The summed E-state index contributed by atoms with van der Waals surface area (Å²) in [6, 6.07) is 11.4. The maximum absolute atomic E-state index is 13.2. The van der Waals surface area contributed by atoms with E-state index in [0.717, 1.165) is 48.5 Å². The first-order valence-corrected chi connectivity index (χ1v) is 11.7. The van der Waals surface area contributed by atoms with Crippen molar-refractivity contribution in [1.82, 2.24) is 24.6 Å². The van der Waals surface area contributed by atoms with Gasteiger partial charge in [0.15, 0.2) is 5.82 Å². The highest BCUT2D eigenvalue weighted by Crippen LogP contribution is 2.37. The molecule has 0 spiro atoms. The average molecular weight is 474 g/mol. The molecule has 9 heteroatoms. The van der Waals surface area contributed by atoms with Crippen LogP contribution < -0.4 is 4.74 Å². The summed E-state index contributed by atoms with van der Waals surface area (Å²) >= 11 is 6.24. The van der Waals surface area contributed by atoms with Gasteiger partial charge in [0.2, 0.25) is 5.88 Å². The van der Waals surface area contributed by atoms with Crippen molar-refractivity contribution in [2.45, 2.75) is 64.1 Å². The lowest BCUT2D eigenvalue weighted by Gasteiger charge is -2.28. The third-order valence-corrected chi connectivity index (χ3v) is 6.62. The standard InChI is InChI=1S/C24H26ClF2N5O/c1-15-3-2-4-23(28-15)33-19-8-5-16(6-9-19)24-30-29-22-14-31(13-21(26)27)12-17-11-18(25)7-10-20(17)32(22)24/h2-4,7,10-11,16,19,21H,5-6,8-9,12-14H2,1H3. The Bertz CT molecular complexity index is 1130. The van der Waals surface area contributed by atoms with E-state index in [1.54, 1.807) is 4.90 Å². The third kappa shape index (κ3) is 4.87. The van der Waals surface area contributed by atoms with E-state index < -0.39 is 6.43 Å². The van der Waals surface area contributed by atoms with Crippen LogP contribution in [0.4, 0.5) is 8.78 Å². The molecule has 1 fully saturated rings. The van der Waals surface area contributed by atoms with Crippen LogP contribution in [0.15, 0.2) is 36.4 Å². The minimum absolute atomic E-state index is 0.120. The number of aryl methyl sites for hydroxylation is 1. The number of nitrogens with zero attached hydrogens (tertiary/aromatic N) is 5. The number of halogens is 3. The number of pyridine rings is 1. The Morgan fingerprint density at radius 3 is 2.67 bits per heavy atom. The predicted molar refractivity (Wildman–Crippen MR) is 121 cm³/mol. The maximum atomic E-state index is 13.2. The molecule has 174 valence electrons. The van der Waals surface area contributed by atoms with Crippen molar-refractivity contribution in [3.05, 3.63) is 64.3 Å². The van der Waals surface area contributed by atoms with Crippen LogP contribution in [0.2, 0.25) is 5.02 Å². The molecular formula is C24H26ClF2N5O. The topological polar surface area (TPSA) is 56.1 Å². The van der Waals surface area contributed by atoms with Gasteiger partial charge >= 0.3 is 0 Å². The summed E-state index contributed by atoms with van der Waals surface area (Å²) < 4.78 is 34.5. The molecule has 2 aromatic heterocycles. The molecule has 0 saturated heterocycles. The first-order chi connectivity index (χ1) is 16.0. The molecule has 0 atom stereocenters. The van der Waals surface area contributed by atoms with Gasteiger partial charge in [-0.3, -0.25) is 9.47 Å². The Balaban J connectivity index is 1.37. The van der Waals surface area contributed by atoms with Crippen LogP contribution in [-0.2, 0) is 13.1 Å². The Kier molecular flexibility index (Phi) is 6.29. The van der Waals surface area contributed by atoms with Gasteiger partial charge in [0.05, 0.1) is 18.8 Å². The second-order valence-electron chi connectivity index (χ2n) is 8.85. The lowest BCUT2D eigenvalue weighted by molar-refractivity contribution is 0.0804. The van der Waals surface area contributed by atoms with Gasteiger partial charge in [-0.1, -0.05) is 17.7 Å². The maximum Gasteiger partial charge on any atom is 0.251 e. The molecular weight excluding hydrogens is 448 g/mol. The minimum Gasteiger partial charge on any atom is -0.474 e. The van der Waals surface area contributed by atoms with Crippen LogP contribution in [-0.4, -0.2) is 43.7 Å². The zero-order chi connectivity index (χ0) is 22.9. The summed E-state index contributed by atoms with van der Waals surface area (Å²) in [5.41, 5.74) is 2.77. The highest BCUT2D eigenvalue weighted by Gasteiger charge is 2.31. The average Bonchev–Trinajstić information content (AvgIpc) is 3.11. The molecule has 0 bridgehead atoms. The number of benzene rings is 1. The van der Waals surface area contributed by atoms with E-state index in [1.807, 2.05) is 43.3 Å². The Hall–Kier alpha value is -2.58. The van der Waals surface area contributed by atoms with E-state index in [0.29, 0.717) is 29.8 Å². The predicted octanol–water partition coefficient (Wildman–Crippen LogP) is 5.31. The molecule has 0 radical (unpaired) electrons. The van der Waals surface area contributed by atoms with Crippen molar-refractivity contribution >= 4 is 11.6 Å². The van der Waals surface area contributed by atoms with E-state index in [9.17, 15) is 8.78 Å². The smallest absolute Gasteiger partial charge is 0.251 e. The first-order valence-electron chi connectivity index (χ1n) is 11.3. The van der Waals surface area contributed by atoms with Gasteiger partial charge in [0, 0.05) is 29.2 Å². The summed E-state index contributed by atoms with van der Waals surface area (Å²) in [4.78, 5) is 6.15. The molecule has 3 heterocycles. The van der Waals surface area contributed by atoms with Gasteiger partial charge < -0.3 is 4.74 Å². The van der Waals surface area contributed by atoms with Crippen molar-refractivity contribution in [2.24, 2.45) is 0 Å². The van der Waals surface area contributed by atoms with Crippen molar-refractivity contribution in [2.75, 3.05) is 6.54 Å². The van der Waals surface area contributed by atoms with Crippen LogP contribution in [0.3, 0.4) is 0 Å². The number of fused-ring (bicyclic) bond motifs is 3. The molecule has 0 amide bonds. The molecule has 1 aromatic carbocycles. The van der Waals surface area contributed by atoms with Crippen LogP contribution in [0.1, 0.15) is 54.5 Å². The van der Waals surface area contributed by atoms with Gasteiger partial charge in [-0.05, 0) is 62.4 Å². The fourth-order valence-electron chi connectivity index (χ4n) is 4.87. The molecule has 2 aliphatic rings. The van der Waals surface area contributed by atoms with Crippen molar-refractivity contribution in [3.8, 4) is 11.6 Å². The van der Waals surface area contributed by atoms with Crippen molar-refractivity contribution in [1.29, 1.82) is 0 Å². The Labute approximate surface area is 196 Å². The molecule has 33 heavy (non-hydrogen) atoms. The van der Waals surface area contributed by atoms with E-state index >= 15 is 0 Å². The number of aromatic nitrogens is 4. The Morgan fingerprint density at radius 2 is 1.91 bits per heavy atom. The van der Waals surface area contributed by atoms with Crippen molar-refractivity contribution < 1.29 is 13.5 Å². The summed E-state index contributed by atoms with van der Waals surface area (Å²) in [5.74, 6) is 2.47. The molecule has 6 nitrogen and oxygen atoms in total. The monoisotopic (exact) mass is 473 g/mol. The quantitative estimate of drug-likeness (QED) is 0.502. The molecule has 1 aliphatic heterocycles. The normalized spacial score (nSPS) is 20.9. The molecule has 1 saturated carbocycles. The highest BCUT2D eigenvalue weighted by molar-refractivity contribution is 6.30. The molecule has 0 unspecified atom stereocenters. The SMILES string of the molecule is Cc1cccc(OC2CCC(c3nnc4n3-c3ccc(Cl)cc3CN(CC(F)F)C4)CC2)n1. The van der Waals surface area contributed by atoms with Crippen LogP contribution in [0, 0.1) is 6.92 Å². The summed E-state index contributed by atoms with van der Waals surface area (Å²) in [7, 11) is 0. The number of rotatable bonds is 5. The fourth-order valence-corrected chi connectivity index (χ4v) is 5.07. The van der Waals surface area contributed by atoms with Gasteiger partial charge in [-0.15, -0.1) is 10.2 Å². The zero-order valence-corrected chi connectivity index (χ0v) is 19.2. The summed E-state index contributed by atoms with van der Waals surface area (Å²) in [6.45, 7) is 2.35. The van der Waals surface area contributed by atoms with Crippen LogP contribution in [0.5, 0.6) is 5.88 Å².